The summed E-state index contributed by atoms with van der Waals surface area (Å²) in [7, 11) is 3.21. The van der Waals surface area contributed by atoms with E-state index in [9.17, 15) is 14.4 Å². The standard InChI is InChI=1S/C25H35N3O5/c1-32-21-6-5-18(15-22(21)33-2)7-12-28-17-20(16-23(28)29)25(31)27-13-8-19(9-14-27)24(30)26-10-3-4-11-26/h5-6,15,19-20H,3-4,7-14,16-17H2,1-2H3. The molecule has 4 rings (SSSR count). The van der Waals surface area contributed by atoms with Crippen LogP contribution in [0.5, 0.6) is 11.5 Å². The third kappa shape index (κ3) is 5.25. The minimum Gasteiger partial charge on any atom is -0.493 e. The van der Waals surface area contributed by atoms with Crippen LogP contribution in [0.15, 0.2) is 18.2 Å². The van der Waals surface area contributed by atoms with Crippen LogP contribution in [0.4, 0.5) is 0 Å². The molecule has 0 aromatic heterocycles. The Morgan fingerprint density at radius 2 is 1.55 bits per heavy atom. The monoisotopic (exact) mass is 457 g/mol. The molecule has 0 saturated carbocycles. The fourth-order valence-electron chi connectivity index (χ4n) is 5.25. The molecule has 1 unspecified atom stereocenters. The SMILES string of the molecule is COc1ccc(CCN2CC(C(=O)N3CCC(C(=O)N4CCCC4)CC3)CC2=O)cc1OC. The van der Waals surface area contributed by atoms with E-state index in [1.807, 2.05) is 28.0 Å². The molecule has 3 heterocycles. The van der Waals surface area contributed by atoms with E-state index in [1.54, 1.807) is 19.1 Å². The van der Waals surface area contributed by atoms with E-state index in [1.165, 1.54) is 0 Å². The highest BCUT2D eigenvalue weighted by molar-refractivity contribution is 5.89. The Morgan fingerprint density at radius 1 is 0.909 bits per heavy atom. The summed E-state index contributed by atoms with van der Waals surface area (Å²) in [5.74, 6) is 1.45. The molecule has 1 atom stereocenters. The minimum absolute atomic E-state index is 0.0351. The second-order valence-electron chi connectivity index (χ2n) is 9.31. The number of rotatable bonds is 7. The van der Waals surface area contributed by atoms with Gasteiger partial charge in [0.05, 0.1) is 20.1 Å². The number of hydrogen-bond donors (Lipinski definition) is 0. The third-order valence-corrected chi connectivity index (χ3v) is 7.26. The van der Waals surface area contributed by atoms with E-state index in [2.05, 4.69) is 0 Å². The van der Waals surface area contributed by atoms with Gasteiger partial charge in [-0.05, 0) is 49.8 Å². The van der Waals surface area contributed by atoms with Crippen LogP contribution in [0, 0.1) is 11.8 Å². The van der Waals surface area contributed by atoms with Crippen LogP contribution in [0.3, 0.4) is 0 Å². The number of piperidine rings is 1. The highest BCUT2D eigenvalue weighted by atomic mass is 16.5. The van der Waals surface area contributed by atoms with Crippen molar-refractivity contribution >= 4 is 17.7 Å². The fourth-order valence-corrected chi connectivity index (χ4v) is 5.25. The van der Waals surface area contributed by atoms with Crippen molar-refractivity contribution in [2.45, 2.75) is 38.5 Å². The summed E-state index contributed by atoms with van der Waals surface area (Å²) in [4.78, 5) is 43.9. The van der Waals surface area contributed by atoms with E-state index in [0.29, 0.717) is 44.1 Å². The van der Waals surface area contributed by atoms with Crippen LogP contribution < -0.4 is 9.47 Å². The van der Waals surface area contributed by atoms with Gasteiger partial charge in [0.25, 0.3) is 0 Å². The minimum atomic E-state index is -0.284. The number of likely N-dealkylation sites (tertiary alicyclic amines) is 3. The molecule has 0 N–H and O–H groups in total. The molecule has 8 heteroatoms. The highest BCUT2D eigenvalue weighted by Gasteiger charge is 2.38. The lowest BCUT2D eigenvalue weighted by molar-refractivity contribution is -0.142. The Bertz CT molecular complexity index is 875. The summed E-state index contributed by atoms with van der Waals surface area (Å²) in [6.07, 6.45) is 4.62. The van der Waals surface area contributed by atoms with Gasteiger partial charge in [0.15, 0.2) is 11.5 Å². The van der Waals surface area contributed by atoms with Gasteiger partial charge in [-0.3, -0.25) is 14.4 Å². The first-order valence-electron chi connectivity index (χ1n) is 12.1. The zero-order chi connectivity index (χ0) is 23.4. The van der Waals surface area contributed by atoms with E-state index >= 15 is 0 Å². The van der Waals surface area contributed by atoms with E-state index < -0.39 is 0 Å². The number of ether oxygens (including phenoxy) is 2. The molecule has 3 aliphatic heterocycles. The van der Waals surface area contributed by atoms with Crippen molar-refractivity contribution in [3.8, 4) is 11.5 Å². The number of nitrogens with zero attached hydrogens (tertiary/aromatic N) is 3. The van der Waals surface area contributed by atoms with Crippen molar-refractivity contribution in [3.63, 3.8) is 0 Å². The van der Waals surface area contributed by atoms with Crippen molar-refractivity contribution in [2.75, 3.05) is 53.5 Å². The van der Waals surface area contributed by atoms with Crippen molar-refractivity contribution in [1.82, 2.24) is 14.7 Å². The molecule has 1 aromatic carbocycles. The third-order valence-electron chi connectivity index (χ3n) is 7.26. The largest absolute Gasteiger partial charge is 0.493 e. The quantitative estimate of drug-likeness (QED) is 0.625. The maximum absolute atomic E-state index is 13.1. The van der Waals surface area contributed by atoms with Crippen LogP contribution in [0.2, 0.25) is 0 Å². The molecule has 3 amide bonds. The van der Waals surface area contributed by atoms with Crippen molar-refractivity contribution in [1.29, 1.82) is 0 Å². The summed E-state index contributed by atoms with van der Waals surface area (Å²) in [6, 6.07) is 5.76. The molecule has 3 fully saturated rings. The first kappa shape index (κ1) is 23.4. The van der Waals surface area contributed by atoms with Crippen molar-refractivity contribution in [2.24, 2.45) is 11.8 Å². The topological polar surface area (TPSA) is 79.4 Å². The number of carbonyl (C=O) groups is 3. The van der Waals surface area contributed by atoms with Crippen molar-refractivity contribution < 1.29 is 23.9 Å². The molecule has 0 radical (unpaired) electrons. The van der Waals surface area contributed by atoms with Gasteiger partial charge >= 0.3 is 0 Å². The molecule has 1 aromatic rings. The lowest BCUT2D eigenvalue weighted by Crippen LogP contribution is -2.46. The van der Waals surface area contributed by atoms with Gasteiger partial charge in [-0.15, -0.1) is 0 Å². The molecule has 33 heavy (non-hydrogen) atoms. The number of amides is 3. The van der Waals surface area contributed by atoms with Crippen LogP contribution >= 0.6 is 0 Å². The molecule has 0 aliphatic carbocycles. The number of hydrogen-bond acceptors (Lipinski definition) is 5. The Balaban J connectivity index is 1.26. The van der Waals surface area contributed by atoms with Crippen LogP contribution in [0.25, 0.3) is 0 Å². The molecular weight excluding hydrogens is 422 g/mol. The van der Waals surface area contributed by atoms with Gasteiger partial charge in [0.1, 0.15) is 0 Å². The molecule has 3 aliphatic rings. The molecule has 180 valence electrons. The van der Waals surface area contributed by atoms with Gasteiger partial charge in [-0.1, -0.05) is 6.07 Å². The van der Waals surface area contributed by atoms with Gasteiger partial charge in [0, 0.05) is 51.6 Å². The zero-order valence-corrected chi connectivity index (χ0v) is 19.8. The number of methoxy groups -OCH3 is 2. The average molecular weight is 458 g/mol. The molecule has 0 bridgehead atoms. The molecule has 3 saturated heterocycles. The first-order chi connectivity index (χ1) is 16.0. The van der Waals surface area contributed by atoms with Gasteiger partial charge in [-0.25, -0.2) is 0 Å². The molecule has 0 spiro atoms. The summed E-state index contributed by atoms with van der Waals surface area (Å²) < 4.78 is 10.6. The Labute approximate surface area is 195 Å². The van der Waals surface area contributed by atoms with Gasteiger partial charge in [-0.2, -0.15) is 0 Å². The second-order valence-corrected chi connectivity index (χ2v) is 9.31. The van der Waals surface area contributed by atoms with Gasteiger partial charge < -0.3 is 24.2 Å². The predicted octanol–water partition coefficient (Wildman–Crippen LogP) is 1.96. The average Bonchev–Trinajstić information content (AvgIpc) is 3.52. The first-order valence-corrected chi connectivity index (χ1v) is 12.1. The van der Waals surface area contributed by atoms with Gasteiger partial charge in [0.2, 0.25) is 17.7 Å². The fraction of sp³-hybridized carbons (Fsp3) is 0.640. The number of benzene rings is 1. The van der Waals surface area contributed by atoms with Crippen LogP contribution in [-0.4, -0.2) is 85.9 Å². The lowest BCUT2D eigenvalue weighted by Gasteiger charge is -2.34. The highest BCUT2D eigenvalue weighted by Crippen LogP contribution is 2.29. The Hall–Kier alpha value is -2.77. The normalized spacial score (nSPS) is 21.6. The van der Waals surface area contributed by atoms with Crippen LogP contribution in [0.1, 0.15) is 37.7 Å². The maximum atomic E-state index is 13.1. The summed E-state index contributed by atoms with van der Waals surface area (Å²) in [5, 5.41) is 0. The zero-order valence-electron chi connectivity index (χ0n) is 19.8. The van der Waals surface area contributed by atoms with E-state index in [0.717, 1.165) is 44.3 Å². The second kappa shape index (κ2) is 10.4. The Kier molecular flexibility index (Phi) is 7.40. The molecular formula is C25H35N3O5. The number of carbonyl (C=O) groups excluding carboxylic acids is 3. The van der Waals surface area contributed by atoms with E-state index in [-0.39, 0.29) is 36.0 Å². The smallest absolute Gasteiger partial charge is 0.227 e. The Morgan fingerprint density at radius 3 is 2.21 bits per heavy atom. The summed E-state index contributed by atoms with van der Waals surface area (Å²) in [5.41, 5.74) is 1.06. The van der Waals surface area contributed by atoms with Crippen molar-refractivity contribution in [3.05, 3.63) is 23.8 Å². The lowest BCUT2D eigenvalue weighted by atomic mass is 9.94. The van der Waals surface area contributed by atoms with Crippen LogP contribution in [-0.2, 0) is 20.8 Å². The maximum Gasteiger partial charge on any atom is 0.227 e. The summed E-state index contributed by atoms with van der Waals surface area (Å²) in [6.45, 7) is 4.02. The summed E-state index contributed by atoms with van der Waals surface area (Å²) >= 11 is 0. The van der Waals surface area contributed by atoms with E-state index in [4.69, 9.17) is 9.47 Å². The predicted molar refractivity (Wildman–Crippen MR) is 123 cm³/mol. The molecule has 8 nitrogen and oxygen atoms in total.